The number of aromatic nitrogens is 3. The van der Waals surface area contributed by atoms with Crippen molar-refractivity contribution in [2.45, 2.75) is 6.04 Å². The maximum absolute atomic E-state index is 12.0. The van der Waals surface area contributed by atoms with Gasteiger partial charge in [0.05, 0.1) is 23.5 Å². The molecule has 4 heterocycles. The number of carbonyl (C=O) groups is 1. The monoisotopic (exact) mass is 323 g/mol. The fourth-order valence-corrected chi connectivity index (χ4v) is 3.00. The van der Waals surface area contributed by atoms with E-state index in [1.165, 1.54) is 0 Å². The lowest BCUT2D eigenvalue weighted by atomic mass is 10.1. The standard InChI is InChI=1S/C16H17N7O/c1-20-4-5-22(16(20)24)13-8-19-23(11-13)14-9-21(10-14)15-3-2-12(6-17)7-18-15/h2-3,7-8,11,14H,4-5,9-10H2,1H3. The van der Waals surface area contributed by atoms with E-state index in [4.69, 9.17) is 5.26 Å². The van der Waals surface area contributed by atoms with Crippen LogP contribution in [0.25, 0.3) is 0 Å². The lowest BCUT2D eigenvalue weighted by Gasteiger charge is -2.40. The van der Waals surface area contributed by atoms with Crippen LogP contribution in [0.5, 0.6) is 0 Å². The van der Waals surface area contributed by atoms with Gasteiger partial charge in [0.1, 0.15) is 11.9 Å². The van der Waals surface area contributed by atoms with E-state index < -0.39 is 0 Å². The van der Waals surface area contributed by atoms with Crippen molar-refractivity contribution in [3.05, 3.63) is 36.3 Å². The molecule has 24 heavy (non-hydrogen) atoms. The minimum atomic E-state index is 0.0200. The first-order chi connectivity index (χ1) is 11.7. The number of amides is 2. The van der Waals surface area contributed by atoms with Gasteiger partial charge < -0.3 is 9.80 Å². The Morgan fingerprint density at radius 3 is 2.71 bits per heavy atom. The zero-order valence-electron chi connectivity index (χ0n) is 13.3. The topological polar surface area (TPSA) is 81.3 Å². The van der Waals surface area contributed by atoms with Crippen LogP contribution in [0, 0.1) is 11.3 Å². The highest BCUT2D eigenvalue weighted by Crippen LogP contribution is 2.28. The van der Waals surface area contributed by atoms with Crippen LogP contribution in [0.2, 0.25) is 0 Å². The fraction of sp³-hybridized carbons (Fsp3) is 0.375. The van der Waals surface area contributed by atoms with E-state index in [9.17, 15) is 4.79 Å². The van der Waals surface area contributed by atoms with Crippen LogP contribution in [0.3, 0.4) is 0 Å². The number of likely N-dealkylation sites (N-methyl/N-ethyl adjacent to an activating group) is 1. The van der Waals surface area contributed by atoms with Gasteiger partial charge in [-0.2, -0.15) is 10.4 Å². The van der Waals surface area contributed by atoms with Gasteiger partial charge in [-0.25, -0.2) is 9.78 Å². The number of carbonyl (C=O) groups excluding carboxylic acids is 1. The van der Waals surface area contributed by atoms with Gasteiger partial charge in [-0.1, -0.05) is 0 Å². The van der Waals surface area contributed by atoms with E-state index in [2.05, 4.69) is 21.1 Å². The van der Waals surface area contributed by atoms with E-state index in [1.54, 1.807) is 35.3 Å². The summed E-state index contributed by atoms with van der Waals surface area (Å²) in [5, 5.41) is 13.2. The summed E-state index contributed by atoms with van der Waals surface area (Å²) in [7, 11) is 1.81. The van der Waals surface area contributed by atoms with Crippen molar-refractivity contribution in [2.75, 3.05) is 43.0 Å². The molecular weight excluding hydrogens is 306 g/mol. The molecule has 2 aromatic rings. The molecule has 122 valence electrons. The van der Waals surface area contributed by atoms with Crippen LogP contribution in [0.1, 0.15) is 11.6 Å². The molecule has 0 aromatic carbocycles. The molecule has 0 bridgehead atoms. The van der Waals surface area contributed by atoms with Crippen molar-refractivity contribution in [1.29, 1.82) is 5.26 Å². The fourth-order valence-electron chi connectivity index (χ4n) is 3.00. The second-order valence-electron chi connectivity index (χ2n) is 6.11. The summed E-state index contributed by atoms with van der Waals surface area (Å²) in [6, 6.07) is 6.00. The average Bonchev–Trinajstić information content (AvgIpc) is 3.15. The maximum atomic E-state index is 12.0. The predicted octanol–water partition coefficient (Wildman–Crippen LogP) is 1.08. The molecule has 0 spiro atoms. The van der Waals surface area contributed by atoms with Crippen LogP contribution in [-0.4, -0.2) is 58.9 Å². The van der Waals surface area contributed by atoms with Crippen molar-refractivity contribution in [3.8, 4) is 6.07 Å². The van der Waals surface area contributed by atoms with Gasteiger partial charge in [0, 0.05) is 45.6 Å². The van der Waals surface area contributed by atoms with E-state index in [0.29, 0.717) is 12.1 Å². The van der Waals surface area contributed by atoms with E-state index in [0.717, 1.165) is 31.1 Å². The minimum Gasteiger partial charge on any atom is -0.352 e. The molecule has 8 heteroatoms. The molecule has 2 amide bonds. The van der Waals surface area contributed by atoms with Crippen molar-refractivity contribution in [1.82, 2.24) is 19.7 Å². The van der Waals surface area contributed by atoms with Gasteiger partial charge in [0.2, 0.25) is 0 Å². The molecule has 2 fully saturated rings. The molecule has 0 radical (unpaired) electrons. The third kappa shape index (κ3) is 2.34. The molecule has 0 atom stereocenters. The number of anilines is 2. The summed E-state index contributed by atoms with van der Waals surface area (Å²) < 4.78 is 1.92. The smallest absolute Gasteiger partial charge is 0.324 e. The number of rotatable bonds is 3. The second-order valence-corrected chi connectivity index (χ2v) is 6.11. The van der Waals surface area contributed by atoms with Gasteiger partial charge >= 0.3 is 6.03 Å². The summed E-state index contributed by atoms with van der Waals surface area (Å²) >= 11 is 0. The first-order valence-corrected chi connectivity index (χ1v) is 7.83. The predicted molar refractivity (Wildman–Crippen MR) is 87.8 cm³/mol. The number of urea groups is 1. The largest absolute Gasteiger partial charge is 0.352 e. The number of nitrogens with zero attached hydrogens (tertiary/aromatic N) is 7. The number of hydrogen-bond donors (Lipinski definition) is 0. The van der Waals surface area contributed by atoms with Gasteiger partial charge in [0.25, 0.3) is 0 Å². The average molecular weight is 323 g/mol. The first kappa shape index (κ1) is 14.5. The Bertz CT molecular complexity index is 801. The van der Waals surface area contributed by atoms with Gasteiger partial charge in [-0.3, -0.25) is 9.58 Å². The number of pyridine rings is 1. The Kier molecular flexibility index (Phi) is 3.34. The van der Waals surface area contributed by atoms with Crippen LogP contribution in [0.4, 0.5) is 16.3 Å². The van der Waals surface area contributed by atoms with Crippen molar-refractivity contribution < 1.29 is 4.79 Å². The van der Waals surface area contributed by atoms with Crippen LogP contribution in [0.15, 0.2) is 30.7 Å². The normalized spacial score (nSPS) is 18.0. The van der Waals surface area contributed by atoms with Crippen LogP contribution < -0.4 is 9.80 Å². The molecule has 2 saturated heterocycles. The summed E-state index contributed by atoms with van der Waals surface area (Å²) in [5.74, 6) is 0.869. The van der Waals surface area contributed by atoms with Crippen molar-refractivity contribution in [3.63, 3.8) is 0 Å². The van der Waals surface area contributed by atoms with Gasteiger partial charge in [-0.15, -0.1) is 0 Å². The lowest BCUT2D eigenvalue weighted by molar-refractivity contribution is 0.229. The third-order valence-corrected chi connectivity index (χ3v) is 4.55. The molecule has 8 nitrogen and oxygen atoms in total. The Morgan fingerprint density at radius 1 is 1.25 bits per heavy atom. The summed E-state index contributed by atoms with van der Waals surface area (Å²) in [4.78, 5) is 21.9. The third-order valence-electron chi connectivity index (χ3n) is 4.55. The van der Waals surface area contributed by atoms with Gasteiger partial charge in [0.15, 0.2) is 0 Å². The van der Waals surface area contributed by atoms with E-state index >= 15 is 0 Å². The maximum Gasteiger partial charge on any atom is 0.324 e. The molecule has 0 unspecified atom stereocenters. The first-order valence-electron chi connectivity index (χ1n) is 7.83. The summed E-state index contributed by atoms with van der Waals surface area (Å²) in [6.07, 6.45) is 5.27. The van der Waals surface area contributed by atoms with Crippen molar-refractivity contribution >= 4 is 17.5 Å². The molecule has 2 aliphatic heterocycles. The molecule has 2 aliphatic rings. The highest BCUT2D eigenvalue weighted by atomic mass is 16.2. The molecule has 4 rings (SSSR count). The van der Waals surface area contributed by atoms with Gasteiger partial charge in [-0.05, 0) is 12.1 Å². The zero-order chi connectivity index (χ0) is 16.7. The molecule has 0 aliphatic carbocycles. The highest BCUT2D eigenvalue weighted by Gasteiger charge is 2.32. The van der Waals surface area contributed by atoms with E-state index in [1.807, 2.05) is 16.9 Å². The zero-order valence-corrected chi connectivity index (χ0v) is 13.3. The second kappa shape index (κ2) is 5.53. The summed E-state index contributed by atoms with van der Waals surface area (Å²) in [6.45, 7) is 3.07. The quantitative estimate of drug-likeness (QED) is 0.844. The lowest BCUT2D eigenvalue weighted by Crippen LogP contribution is -2.48. The molecule has 2 aromatic heterocycles. The number of hydrogen-bond acceptors (Lipinski definition) is 5. The molecule has 0 N–H and O–H groups in total. The Morgan fingerprint density at radius 2 is 2.08 bits per heavy atom. The summed E-state index contributed by atoms with van der Waals surface area (Å²) in [5.41, 5.74) is 1.41. The Hall–Kier alpha value is -3.08. The number of nitriles is 1. The Labute approximate surface area is 139 Å². The highest BCUT2D eigenvalue weighted by molar-refractivity contribution is 5.93. The SMILES string of the molecule is CN1CCN(c2cnn(C3CN(c4ccc(C#N)cn4)C3)c2)C1=O. The van der Waals surface area contributed by atoms with E-state index in [-0.39, 0.29) is 12.1 Å². The molecular formula is C16H17N7O. The minimum absolute atomic E-state index is 0.0200. The molecule has 0 saturated carbocycles. The van der Waals surface area contributed by atoms with Crippen LogP contribution >= 0.6 is 0 Å². The van der Waals surface area contributed by atoms with Crippen LogP contribution in [-0.2, 0) is 0 Å². The van der Waals surface area contributed by atoms with Crippen molar-refractivity contribution in [2.24, 2.45) is 0 Å². The Balaban J connectivity index is 1.40.